The molecular weight excluding hydrogens is 258 g/mol. The van der Waals surface area contributed by atoms with Crippen molar-refractivity contribution in [1.29, 1.82) is 0 Å². The summed E-state index contributed by atoms with van der Waals surface area (Å²) in [5, 5.41) is -0.303. The average molecular weight is 281 g/mol. The molecule has 4 heteroatoms. The van der Waals surface area contributed by atoms with E-state index in [0.29, 0.717) is 17.7 Å². The Hall–Kier alpha value is -0.870. The van der Waals surface area contributed by atoms with Crippen molar-refractivity contribution in [3.8, 4) is 0 Å². The second kappa shape index (κ2) is 4.91. The summed E-state index contributed by atoms with van der Waals surface area (Å²) in [5.41, 5.74) is 7.00. The zero-order valence-corrected chi connectivity index (χ0v) is 12.7. The maximum absolute atomic E-state index is 12.5. The molecule has 1 aromatic carbocycles. The van der Waals surface area contributed by atoms with E-state index < -0.39 is 9.84 Å². The van der Waals surface area contributed by atoms with E-state index in [0.717, 1.165) is 12.0 Å². The molecule has 1 fully saturated rings. The van der Waals surface area contributed by atoms with Gasteiger partial charge in [0.1, 0.15) is 0 Å². The van der Waals surface area contributed by atoms with Gasteiger partial charge < -0.3 is 5.73 Å². The Morgan fingerprint density at radius 2 is 1.68 bits per heavy atom. The summed E-state index contributed by atoms with van der Waals surface area (Å²) in [6, 6.07) is 7.34. The van der Waals surface area contributed by atoms with E-state index in [4.69, 9.17) is 5.73 Å². The average Bonchev–Trinajstić information content (AvgIpc) is 2.76. The van der Waals surface area contributed by atoms with Crippen LogP contribution in [0.25, 0.3) is 0 Å². The maximum Gasteiger partial charge on any atom is 0.181 e. The first-order chi connectivity index (χ1) is 8.71. The van der Waals surface area contributed by atoms with Crippen LogP contribution < -0.4 is 5.73 Å². The third-order valence-electron chi connectivity index (χ3n) is 3.91. The summed E-state index contributed by atoms with van der Waals surface area (Å²) in [4.78, 5) is 0.430. The van der Waals surface area contributed by atoms with Crippen molar-refractivity contribution in [2.75, 3.05) is 0 Å². The summed E-state index contributed by atoms with van der Waals surface area (Å²) in [6.07, 6.45) is 2.08. The van der Waals surface area contributed by atoms with Gasteiger partial charge in [-0.1, -0.05) is 32.9 Å². The lowest BCUT2D eigenvalue weighted by molar-refractivity contribution is 0.575. The number of nitrogens with two attached hydrogens (primary N) is 1. The predicted molar refractivity (Wildman–Crippen MR) is 77.9 cm³/mol. The Morgan fingerprint density at radius 1 is 1.11 bits per heavy atom. The predicted octanol–water partition coefficient (Wildman–Crippen LogP) is 2.64. The largest absolute Gasteiger partial charge is 0.328 e. The number of benzene rings is 1. The van der Waals surface area contributed by atoms with Crippen molar-refractivity contribution < 1.29 is 8.42 Å². The monoisotopic (exact) mass is 281 g/mol. The van der Waals surface area contributed by atoms with E-state index in [-0.39, 0.29) is 16.7 Å². The van der Waals surface area contributed by atoms with E-state index in [2.05, 4.69) is 20.8 Å². The summed E-state index contributed by atoms with van der Waals surface area (Å²) in [7, 11) is -3.21. The first-order valence-electron chi connectivity index (χ1n) is 6.81. The SMILES string of the molecule is CC(C)(C)c1ccc(S(=O)(=O)C2CCC(N)C2)cc1. The van der Waals surface area contributed by atoms with E-state index in [1.54, 1.807) is 12.1 Å². The highest BCUT2D eigenvalue weighted by atomic mass is 32.2. The molecule has 0 aliphatic heterocycles. The van der Waals surface area contributed by atoms with Gasteiger partial charge in [0, 0.05) is 6.04 Å². The summed E-state index contributed by atoms with van der Waals surface area (Å²) in [5.74, 6) is 0. The van der Waals surface area contributed by atoms with Crippen molar-refractivity contribution in [2.24, 2.45) is 5.73 Å². The standard InChI is InChI=1S/C15H23NO2S/c1-15(2,3)11-4-7-13(8-5-11)19(17,18)14-9-6-12(16)10-14/h4-5,7-8,12,14H,6,9-10,16H2,1-3H3. The fraction of sp³-hybridized carbons (Fsp3) is 0.600. The molecule has 0 spiro atoms. The molecule has 3 nitrogen and oxygen atoms in total. The highest BCUT2D eigenvalue weighted by Crippen LogP contribution is 2.30. The molecule has 1 saturated carbocycles. The molecule has 2 rings (SSSR count). The van der Waals surface area contributed by atoms with Crippen molar-refractivity contribution in [3.63, 3.8) is 0 Å². The van der Waals surface area contributed by atoms with Crippen LogP contribution in [0.2, 0.25) is 0 Å². The number of hydrogen-bond acceptors (Lipinski definition) is 3. The molecule has 0 bridgehead atoms. The third-order valence-corrected chi connectivity index (χ3v) is 6.15. The van der Waals surface area contributed by atoms with Crippen LogP contribution >= 0.6 is 0 Å². The van der Waals surface area contributed by atoms with Gasteiger partial charge in [0.05, 0.1) is 10.1 Å². The van der Waals surface area contributed by atoms with Crippen LogP contribution in [0, 0.1) is 0 Å². The van der Waals surface area contributed by atoms with Gasteiger partial charge in [0.2, 0.25) is 0 Å². The molecule has 0 heterocycles. The second-order valence-electron chi connectivity index (χ2n) is 6.51. The lowest BCUT2D eigenvalue weighted by Crippen LogP contribution is -2.22. The topological polar surface area (TPSA) is 60.2 Å². The minimum absolute atomic E-state index is 0.0358. The van der Waals surface area contributed by atoms with Gasteiger partial charge in [-0.15, -0.1) is 0 Å². The van der Waals surface area contributed by atoms with E-state index in [1.807, 2.05) is 12.1 Å². The molecule has 0 amide bonds. The molecule has 0 saturated heterocycles. The van der Waals surface area contributed by atoms with Gasteiger partial charge in [0.15, 0.2) is 9.84 Å². The molecule has 106 valence electrons. The van der Waals surface area contributed by atoms with Crippen molar-refractivity contribution >= 4 is 9.84 Å². The van der Waals surface area contributed by atoms with Crippen LogP contribution in [0.15, 0.2) is 29.2 Å². The fourth-order valence-corrected chi connectivity index (χ4v) is 4.44. The molecule has 0 radical (unpaired) electrons. The minimum Gasteiger partial charge on any atom is -0.328 e. The van der Waals surface area contributed by atoms with Crippen LogP contribution in [-0.4, -0.2) is 19.7 Å². The van der Waals surface area contributed by atoms with Gasteiger partial charge in [-0.05, 0) is 42.4 Å². The Labute approximate surface area is 116 Å². The number of sulfone groups is 1. The van der Waals surface area contributed by atoms with Crippen LogP contribution in [0.1, 0.15) is 45.6 Å². The minimum atomic E-state index is -3.21. The number of hydrogen-bond donors (Lipinski definition) is 1. The van der Waals surface area contributed by atoms with Crippen LogP contribution in [0.3, 0.4) is 0 Å². The van der Waals surface area contributed by atoms with E-state index >= 15 is 0 Å². The molecule has 1 aromatic rings. The molecule has 0 aromatic heterocycles. The van der Waals surface area contributed by atoms with Gasteiger partial charge in [-0.25, -0.2) is 8.42 Å². The van der Waals surface area contributed by atoms with Crippen LogP contribution in [0.5, 0.6) is 0 Å². The molecule has 2 N–H and O–H groups in total. The zero-order chi connectivity index (χ0) is 14.3. The Bertz CT molecular complexity index is 541. The first kappa shape index (κ1) is 14.5. The lowest BCUT2D eigenvalue weighted by atomic mass is 9.87. The second-order valence-corrected chi connectivity index (χ2v) is 8.74. The summed E-state index contributed by atoms with van der Waals surface area (Å²) in [6.45, 7) is 6.35. The summed E-state index contributed by atoms with van der Waals surface area (Å²) < 4.78 is 25.0. The maximum atomic E-state index is 12.5. The number of rotatable bonds is 2. The van der Waals surface area contributed by atoms with Gasteiger partial charge >= 0.3 is 0 Å². The van der Waals surface area contributed by atoms with Gasteiger partial charge in [-0.2, -0.15) is 0 Å². The molecule has 19 heavy (non-hydrogen) atoms. The fourth-order valence-electron chi connectivity index (χ4n) is 2.59. The van der Waals surface area contributed by atoms with Crippen LogP contribution in [-0.2, 0) is 15.3 Å². The Morgan fingerprint density at radius 3 is 2.11 bits per heavy atom. The van der Waals surface area contributed by atoms with E-state index in [9.17, 15) is 8.42 Å². The Kier molecular flexibility index (Phi) is 3.76. The molecule has 2 atom stereocenters. The lowest BCUT2D eigenvalue weighted by Gasteiger charge is -2.19. The van der Waals surface area contributed by atoms with Crippen molar-refractivity contribution in [3.05, 3.63) is 29.8 Å². The van der Waals surface area contributed by atoms with Crippen molar-refractivity contribution in [2.45, 2.75) is 61.6 Å². The van der Waals surface area contributed by atoms with Crippen LogP contribution in [0.4, 0.5) is 0 Å². The highest BCUT2D eigenvalue weighted by molar-refractivity contribution is 7.92. The van der Waals surface area contributed by atoms with Gasteiger partial charge in [-0.3, -0.25) is 0 Å². The van der Waals surface area contributed by atoms with Gasteiger partial charge in [0.25, 0.3) is 0 Å². The Balaban J connectivity index is 2.27. The normalized spacial score (nSPS) is 24.6. The molecule has 1 aliphatic carbocycles. The third kappa shape index (κ3) is 3.00. The zero-order valence-electron chi connectivity index (χ0n) is 11.9. The van der Waals surface area contributed by atoms with E-state index in [1.165, 1.54) is 0 Å². The van der Waals surface area contributed by atoms with Crippen molar-refractivity contribution in [1.82, 2.24) is 0 Å². The molecular formula is C15H23NO2S. The smallest absolute Gasteiger partial charge is 0.181 e. The highest BCUT2D eigenvalue weighted by Gasteiger charge is 2.33. The first-order valence-corrected chi connectivity index (χ1v) is 8.36. The molecule has 2 unspecified atom stereocenters. The molecule has 1 aliphatic rings. The summed E-state index contributed by atoms with van der Waals surface area (Å²) >= 11 is 0. The quantitative estimate of drug-likeness (QED) is 0.906.